The molecular weight excluding hydrogens is 238 g/mol. The van der Waals surface area contributed by atoms with Crippen LogP contribution in [0.4, 0.5) is 0 Å². The number of nitrogens with zero attached hydrogens (tertiary/aromatic N) is 2. The first kappa shape index (κ1) is 14.2. The fraction of sp³-hybridized carbons (Fsp3) is 0.545. The molecule has 0 amide bonds. The van der Waals surface area contributed by atoms with Crippen LogP contribution in [0.1, 0.15) is 12.6 Å². The quantitative estimate of drug-likeness (QED) is 0.688. The van der Waals surface area contributed by atoms with Gasteiger partial charge in [0.05, 0.1) is 25.7 Å². The number of esters is 2. The van der Waals surface area contributed by atoms with Crippen LogP contribution in [0, 0.1) is 0 Å². The van der Waals surface area contributed by atoms with E-state index in [0.717, 1.165) is 0 Å². The van der Waals surface area contributed by atoms with Crippen LogP contribution >= 0.6 is 0 Å². The van der Waals surface area contributed by atoms with E-state index in [1.807, 2.05) is 0 Å². The van der Waals surface area contributed by atoms with E-state index in [4.69, 9.17) is 10.5 Å². The number of carbonyl (C=O) groups is 2. The Morgan fingerprint density at radius 1 is 1.56 bits per heavy atom. The summed E-state index contributed by atoms with van der Waals surface area (Å²) in [7, 11) is 1.28. The molecule has 18 heavy (non-hydrogen) atoms. The topological polar surface area (TPSA) is 96.4 Å². The molecule has 0 aliphatic rings. The fourth-order valence-corrected chi connectivity index (χ4v) is 1.41. The zero-order chi connectivity index (χ0) is 13.5. The van der Waals surface area contributed by atoms with Gasteiger partial charge in [0, 0.05) is 12.6 Å². The number of aromatic nitrogens is 2. The second-order valence-corrected chi connectivity index (χ2v) is 3.68. The number of imidazole rings is 1. The SMILES string of the molecule is CCOC(=O)Cn1cnc(C[C@H](N)C(=O)OC)c1. The summed E-state index contributed by atoms with van der Waals surface area (Å²) in [5, 5.41) is 0. The molecule has 0 aromatic carbocycles. The lowest BCUT2D eigenvalue weighted by Crippen LogP contribution is -2.33. The van der Waals surface area contributed by atoms with Crippen molar-refractivity contribution in [3.8, 4) is 0 Å². The summed E-state index contributed by atoms with van der Waals surface area (Å²) in [6, 6.07) is -0.749. The molecule has 1 aromatic rings. The number of nitrogens with two attached hydrogens (primary N) is 1. The molecule has 0 fully saturated rings. The lowest BCUT2D eigenvalue weighted by Gasteiger charge is -2.06. The first-order valence-corrected chi connectivity index (χ1v) is 5.56. The molecule has 1 heterocycles. The zero-order valence-corrected chi connectivity index (χ0v) is 10.5. The molecule has 0 saturated carbocycles. The Balaban J connectivity index is 2.53. The molecule has 1 aromatic heterocycles. The van der Waals surface area contributed by atoms with Gasteiger partial charge in [-0.15, -0.1) is 0 Å². The van der Waals surface area contributed by atoms with Gasteiger partial charge in [-0.3, -0.25) is 9.59 Å². The Kier molecular flexibility index (Phi) is 5.31. The number of carbonyl (C=O) groups excluding carboxylic acids is 2. The highest BCUT2D eigenvalue weighted by Gasteiger charge is 2.16. The van der Waals surface area contributed by atoms with Gasteiger partial charge in [0.1, 0.15) is 12.6 Å². The van der Waals surface area contributed by atoms with Crippen molar-refractivity contribution >= 4 is 11.9 Å². The normalized spacial score (nSPS) is 11.9. The highest BCUT2D eigenvalue weighted by Crippen LogP contribution is 2.01. The summed E-state index contributed by atoms with van der Waals surface area (Å²) in [5.74, 6) is -0.825. The van der Waals surface area contributed by atoms with E-state index in [-0.39, 0.29) is 18.9 Å². The Hall–Kier alpha value is -1.89. The summed E-state index contributed by atoms with van der Waals surface area (Å²) in [4.78, 5) is 26.4. The summed E-state index contributed by atoms with van der Waals surface area (Å²) < 4.78 is 10.9. The third-order valence-electron chi connectivity index (χ3n) is 2.24. The zero-order valence-electron chi connectivity index (χ0n) is 10.5. The average Bonchev–Trinajstić information content (AvgIpc) is 2.75. The van der Waals surface area contributed by atoms with E-state index in [1.165, 1.54) is 13.4 Å². The highest BCUT2D eigenvalue weighted by atomic mass is 16.5. The first-order chi connectivity index (χ1) is 8.56. The summed E-state index contributed by atoms with van der Waals surface area (Å²) in [5.41, 5.74) is 6.22. The van der Waals surface area contributed by atoms with Crippen molar-refractivity contribution in [1.29, 1.82) is 0 Å². The second kappa shape index (κ2) is 6.75. The van der Waals surface area contributed by atoms with E-state index in [9.17, 15) is 9.59 Å². The van der Waals surface area contributed by atoms with Crippen LogP contribution in [-0.2, 0) is 32.0 Å². The van der Waals surface area contributed by atoms with E-state index in [1.54, 1.807) is 17.7 Å². The van der Waals surface area contributed by atoms with Crippen molar-refractivity contribution in [1.82, 2.24) is 9.55 Å². The average molecular weight is 255 g/mol. The van der Waals surface area contributed by atoms with Gasteiger partial charge >= 0.3 is 11.9 Å². The van der Waals surface area contributed by atoms with Gasteiger partial charge in [-0.05, 0) is 6.92 Å². The Morgan fingerprint density at radius 2 is 2.28 bits per heavy atom. The molecule has 0 unspecified atom stereocenters. The number of hydrogen-bond donors (Lipinski definition) is 1. The standard InChI is InChI=1S/C11H17N3O4/c1-3-18-10(15)6-14-5-8(13-7-14)4-9(12)11(16)17-2/h5,7,9H,3-4,6,12H2,1-2H3/t9-/m0/s1. The van der Waals surface area contributed by atoms with E-state index in [0.29, 0.717) is 12.3 Å². The number of methoxy groups -OCH3 is 1. The summed E-state index contributed by atoms with van der Waals surface area (Å²) >= 11 is 0. The highest BCUT2D eigenvalue weighted by molar-refractivity contribution is 5.75. The van der Waals surface area contributed by atoms with Crippen molar-refractivity contribution in [2.24, 2.45) is 5.73 Å². The minimum atomic E-state index is -0.749. The van der Waals surface area contributed by atoms with Crippen LogP contribution in [0.3, 0.4) is 0 Å². The van der Waals surface area contributed by atoms with Crippen molar-refractivity contribution in [2.75, 3.05) is 13.7 Å². The molecule has 0 spiro atoms. The third-order valence-corrected chi connectivity index (χ3v) is 2.24. The summed E-state index contributed by atoms with van der Waals surface area (Å²) in [6.07, 6.45) is 3.42. The molecule has 0 bridgehead atoms. The maximum atomic E-state index is 11.2. The predicted molar refractivity (Wildman–Crippen MR) is 62.6 cm³/mol. The molecule has 2 N–H and O–H groups in total. The Labute approximate surface area is 105 Å². The van der Waals surface area contributed by atoms with Gasteiger partial charge in [0.15, 0.2) is 0 Å². The smallest absolute Gasteiger partial charge is 0.325 e. The molecule has 0 saturated heterocycles. The van der Waals surface area contributed by atoms with Crippen LogP contribution in [0.2, 0.25) is 0 Å². The van der Waals surface area contributed by atoms with E-state index >= 15 is 0 Å². The van der Waals surface area contributed by atoms with Gasteiger partial charge in [0.2, 0.25) is 0 Å². The van der Waals surface area contributed by atoms with E-state index in [2.05, 4.69) is 9.72 Å². The van der Waals surface area contributed by atoms with Crippen LogP contribution in [0.25, 0.3) is 0 Å². The van der Waals surface area contributed by atoms with Gasteiger partial charge in [-0.25, -0.2) is 4.98 Å². The number of hydrogen-bond acceptors (Lipinski definition) is 6. The fourth-order valence-electron chi connectivity index (χ4n) is 1.41. The third kappa shape index (κ3) is 4.17. The summed E-state index contributed by atoms with van der Waals surface area (Å²) in [6.45, 7) is 2.18. The van der Waals surface area contributed by atoms with Gasteiger partial charge in [-0.2, -0.15) is 0 Å². The molecule has 0 aliphatic heterocycles. The predicted octanol–water partition coefficient (Wildman–Crippen LogP) is -0.511. The van der Waals surface area contributed by atoms with Gasteiger partial charge < -0.3 is 19.8 Å². The maximum absolute atomic E-state index is 11.2. The van der Waals surface area contributed by atoms with Gasteiger partial charge in [0.25, 0.3) is 0 Å². The lowest BCUT2D eigenvalue weighted by atomic mass is 10.2. The van der Waals surface area contributed by atoms with Crippen LogP contribution in [0.15, 0.2) is 12.5 Å². The monoisotopic (exact) mass is 255 g/mol. The Morgan fingerprint density at radius 3 is 2.89 bits per heavy atom. The Bertz CT molecular complexity index is 416. The first-order valence-electron chi connectivity index (χ1n) is 5.56. The largest absolute Gasteiger partial charge is 0.468 e. The van der Waals surface area contributed by atoms with Gasteiger partial charge in [-0.1, -0.05) is 0 Å². The van der Waals surface area contributed by atoms with Crippen LogP contribution in [0.5, 0.6) is 0 Å². The van der Waals surface area contributed by atoms with Crippen LogP contribution < -0.4 is 5.73 Å². The minimum Gasteiger partial charge on any atom is -0.468 e. The second-order valence-electron chi connectivity index (χ2n) is 3.68. The molecule has 0 aliphatic carbocycles. The lowest BCUT2D eigenvalue weighted by molar-refractivity contribution is -0.144. The molecule has 7 heteroatoms. The van der Waals surface area contributed by atoms with Crippen LogP contribution in [-0.4, -0.2) is 41.2 Å². The van der Waals surface area contributed by atoms with Crippen molar-refractivity contribution in [2.45, 2.75) is 25.9 Å². The van der Waals surface area contributed by atoms with Crippen molar-refractivity contribution in [3.05, 3.63) is 18.2 Å². The molecule has 100 valence electrons. The number of ether oxygens (including phenoxy) is 2. The van der Waals surface area contributed by atoms with Crippen molar-refractivity contribution < 1.29 is 19.1 Å². The molecule has 0 radical (unpaired) electrons. The van der Waals surface area contributed by atoms with E-state index < -0.39 is 12.0 Å². The number of rotatable bonds is 6. The maximum Gasteiger partial charge on any atom is 0.325 e. The minimum absolute atomic E-state index is 0.0916. The van der Waals surface area contributed by atoms with Crippen molar-refractivity contribution in [3.63, 3.8) is 0 Å². The molecule has 1 atom stereocenters. The molecule has 7 nitrogen and oxygen atoms in total. The molecular formula is C11H17N3O4. The molecule has 1 rings (SSSR count).